The molecule has 0 aliphatic heterocycles. The van der Waals surface area contributed by atoms with Crippen LogP contribution in [0.15, 0.2) is 42.0 Å². The Morgan fingerprint density at radius 1 is 1.05 bits per heavy atom. The van der Waals surface area contributed by atoms with Crippen LogP contribution in [0.4, 0.5) is 0 Å². The molecule has 1 aromatic carbocycles. The number of hydrogen-bond donors (Lipinski definition) is 0. The van der Waals surface area contributed by atoms with Crippen molar-refractivity contribution in [3.05, 3.63) is 53.1 Å². The molecule has 0 saturated heterocycles. The molecule has 19 heavy (non-hydrogen) atoms. The number of unbranched alkanes of at least 4 members (excludes halogenated alkanes) is 1. The first-order valence-corrected chi connectivity index (χ1v) is 6.71. The third-order valence-corrected chi connectivity index (χ3v) is 3.42. The maximum absolute atomic E-state index is 12.2. The fourth-order valence-corrected chi connectivity index (χ4v) is 2.33. The summed E-state index contributed by atoms with van der Waals surface area (Å²) in [6, 6.07) is 7.73. The van der Waals surface area contributed by atoms with E-state index in [0.29, 0.717) is 5.57 Å². The monoisotopic (exact) mass is 254 g/mol. The molecular weight excluding hydrogens is 236 g/mol. The lowest BCUT2D eigenvalue weighted by Crippen LogP contribution is -2.18. The van der Waals surface area contributed by atoms with Gasteiger partial charge < -0.3 is 0 Å². The molecule has 0 heterocycles. The average Bonchev–Trinajstić information content (AvgIpc) is 2.41. The van der Waals surface area contributed by atoms with Crippen LogP contribution in [0.1, 0.15) is 37.3 Å². The molecule has 0 atom stereocenters. The second-order valence-corrected chi connectivity index (χ2v) is 4.85. The van der Waals surface area contributed by atoms with Crippen LogP contribution in [0, 0.1) is 6.92 Å². The zero-order valence-electron chi connectivity index (χ0n) is 11.4. The average molecular weight is 254 g/mol. The van der Waals surface area contributed by atoms with Crippen LogP contribution >= 0.6 is 0 Å². The van der Waals surface area contributed by atoms with E-state index in [1.54, 1.807) is 6.08 Å². The number of benzene rings is 1. The molecular formula is C17H18O2. The first-order chi connectivity index (χ1) is 9.15. The summed E-state index contributed by atoms with van der Waals surface area (Å²) < 4.78 is 0. The van der Waals surface area contributed by atoms with Gasteiger partial charge in [-0.3, -0.25) is 9.59 Å². The van der Waals surface area contributed by atoms with Crippen molar-refractivity contribution in [3.8, 4) is 0 Å². The zero-order chi connectivity index (χ0) is 13.8. The van der Waals surface area contributed by atoms with E-state index in [1.807, 2.05) is 31.2 Å². The minimum Gasteiger partial charge on any atom is -0.286 e. The van der Waals surface area contributed by atoms with Gasteiger partial charge in [-0.25, -0.2) is 0 Å². The predicted molar refractivity (Wildman–Crippen MR) is 76.8 cm³/mol. The van der Waals surface area contributed by atoms with Crippen molar-refractivity contribution in [2.24, 2.45) is 0 Å². The maximum atomic E-state index is 12.2. The largest absolute Gasteiger partial charge is 0.286 e. The van der Waals surface area contributed by atoms with E-state index < -0.39 is 5.78 Å². The number of carbonyl (C=O) groups is 2. The molecule has 2 rings (SSSR count). The molecule has 0 aromatic heterocycles. The number of ketones is 2. The third-order valence-electron chi connectivity index (χ3n) is 3.42. The molecule has 0 bridgehead atoms. The normalized spacial score (nSPS) is 15.3. The number of carbonyl (C=O) groups excluding carboxylic acids is 2. The Morgan fingerprint density at radius 3 is 2.47 bits per heavy atom. The molecule has 1 aliphatic carbocycles. The Balaban J connectivity index is 2.53. The van der Waals surface area contributed by atoms with Gasteiger partial charge in [-0.1, -0.05) is 43.7 Å². The summed E-state index contributed by atoms with van der Waals surface area (Å²) in [7, 11) is 0. The quantitative estimate of drug-likeness (QED) is 0.607. The van der Waals surface area contributed by atoms with Crippen LogP contribution in [0.3, 0.4) is 0 Å². The molecule has 0 amide bonds. The lowest BCUT2D eigenvalue weighted by atomic mass is 9.86. The molecule has 0 spiro atoms. The summed E-state index contributed by atoms with van der Waals surface area (Å²) in [5.74, 6) is -0.790. The molecule has 0 unspecified atom stereocenters. The van der Waals surface area contributed by atoms with Gasteiger partial charge in [0.1, 0.15) is 0 Å². The van der Waals surface area contributed by atoms with E-state index >= 15 is 0 Å². The highest BCUT2D eigenvalue weighted by Gasteiger charge is 2.25. The van der Waals surface area contributed by atoms with Gasteiger partial charge >= 0.3 is 0 Å². The third kappa shape index (κ3) is 2.73. The zero-order valence-corrected chi connectivity index (χ0v) is 11.4. The van der Waals surface area contributed by atoms with Gasteiger partial charge in [0, 0.05) is 5.57 Å². The van der Waals surface area contributed by atoms with Crippen LogP contribution in [-0.2, 0) is 9.59 Å². The minimum absolute atomic E-state index is 0.372. The summed E-state index contributed by atoms with van der Waals surface area (Å²) in [4.78, 5) is 23.8. The van der Waals surface area contributed by atoms with Gasteiger partial charge in [0.05, 0.1) is 0 Å². The van der Waals surface area contributed by atoms with E-state index in [4.69, 9.17) is 0 Å². The number of rotatable bonds is 4. The SMILES string of the molecule is CCCCC1=C(c2ccccc2C)C(=O)C(=O)C=C1. The highest BCUT2D eigenvalue weighted by molar-refractivity contribution is 6.58. The van der Waals surface area contributed by atoms with E-state index in [-0.39, 0.29) is 5.78 Å². The first-order valence-electron chi connectivity index (χ1n) is 6.71. The van der Waals surface area contributed by atoms with Crippen molar-refractivity contribution in [2.75, 3.05) is 0 Å². The Hall–Kier alpha value is -1.96. The Bertz CT molecular complexity index is 577. The Kier molecular flexibility index (Phi) is 4.10. The van der Waals surface area contributed by atoms with Crippen LogP contribution < -0.4 is 0 Å². The molecule has 1 aromatic rings. The van der Waals surface area contributed by atoms with Gasteiger partial charge in [-0.2, -0.15) is 0 Å². The van der Waals surface area contributed by atoms with Crippen LogP contribution in [0.2, 0.25) is 0 Å². The molecule has 1 aliphatic rings. The van der Waals surface area contributed by atoms with Crippen LogP contribution in [0.25, 0.3) is 5.57 Å². The Morgan fingerprint density at radius 2 is 1.79 bits per heavy atom. The van der Waals surface area contributed by atoms with Crippen molar-refractivity contribution in [1.29, 1.82) is 0 Å². The van der Waals surface area contributed by atoms with Gasteiger partial charge in [-0.05, 0) is 42.5 Å². The maximum Gasteiger partial charge on any atom is 0.233 e. The van der Waals surface area contributed by atoms with E-state index in [9.17, 15) is 9.59 Å². The van der Waals surface area contributed by atoms with Crippen LogP contribution in [-0.4, -0.2) is 11.6 Å². The molecule has 2 heteroatoms. The lowest BCUT2D eigenvalue weighted by Gasteiger charge is -2.16. The van der Waals surface area contributed by atoms with E-state index in [0.717, 1.165) is 36.0 Å². The Labute approximate surface area is 113 Å². The minimum atomic E-state index is -0.418. The molecule has 2 nitrogen and oxygen atoms in total. The summed E-state index contributed by atoms with van der Waals surface area (Å²) in [5, 5.41) is 0. The predicted octanol–water partition coefficient (Wildman–Crippen LogP) is 3.65. The summed E-state index contributed by atoms with van der Waals surface area (Å²) in [6.07, 6.45) is 6.14. The van der Waals surface area contributed by atoms with Gasteiger partial charge in [0.15, 0.2) is 0 Å². The summed E-state index contributed by atoms with van der Waals surface area (Å²) in [6.45, 7) is 4.09. The summed E-state index contributed by atoms with van der Waals surface area (Å²) >= 11 is 0. The standard InChI is InChI=1S/C17H18O2/c1-3-4-8-13-10-11-15(18)17(19)16(13)14-9-6-5-7-12(14)2/h5-7,9-11H,3-4,8H2,1-2H3. The number of hydrogen-bond acceptors (Lipinski definition) is 2. The number of aryl methyl sites for hydroxylation is 1. The topological polar surface area (TPSA) is 34.1 Å². The van der Waals surface area contributed by atoms with E-state index in [2.05, 4.69) is 6.92 Å². The molecule has 0 radical (unpaired) electrons. The second-order valence-electron chi connectivity index (χ2n) is 4.85. The fourth-order valence-electron chi connectivity index (χ4n) is 2.33. The molecule has 0 fully saturated rings. The van der Waals surface area contributed by atoms with Gasteiger partial charge in [-0.15, -0.1) is 0 Å². The molecule has 98 valence electrons. The highest BCUT2D eigenvalue weighted by Crippen LogP contribution is 2.29. The van der Waals surface area contributed by atoms with Gasteiger partial charge in [0.2, 0.25) is 11.6 Å². The summed E-state index contributed by atoms with van der Waals surface area (Å²) in [5.41, 5.74) is 3.50. The number of Topliss-reactive ketones (excluding diaryl/α,β-unsaturated/α-hetero) is 1. The van der Waals surface area contributed by atoms with Crippen LogP contribution in [0.5, 0.6) is 0 Å². The van der Waals surface area contributed by atoms with E-state index in [1.165, 1.54) is 6.08 Å². The van der Waals surface area contributed by atoms with Crippen molar-refractivity contribution in [1.82, 2.24) is 0 Å². The number of allylic oxidation sites excluding steroid dienone is 4. The molecule has 0 N–H and O–H groups in total. The lowest BCUT2D eigenvalue weighted by molar-refractivity contribution is -0.130. The van der Waals surface area contributed by atoms with Crippen molar-refractivity contribution in [2.45, 2.75) is 33.1 Å². The van der Waals surface area contributed by atoms with Crippen molar-refractivity contribution >= 4 is 17.1 Å². The first kappa shape index (κ1) is 13.5. The van der Waals surface area contributed by atoms with Crippen molar-refractivity contribution < 1.29 is 9.59 Å². The van der Waals surface area contributed by atoms with Crippen molar-refractivity contribution in [3.63, 3.8) is 0 Å². The highest BCUT2D eigenvalue weighted by atomic mass is 16.2. The second kappa shape index (κ2) is 5.79. The van der Waals surface area contributed by atoms with Gasteiger partial charge in [0.25, 0.3) is 0 Å². The smallest absolute Gasteiger partial charge is 0.233 e. The fraction of sp³-hybridized carbons (Fsp3) is 0.294. The molecule has 0 saturated carbocycles.